The SMILES string of the molecule is O=C(Nc1cccc(-c2nnc3n2CCCCC3)c1)C1CCCN1. The Morgan fingerprint density at radius 3 is 3.04 bits per heavy atom. The fraction of sp³-hybridized carbons (Fsp3) is 0.500. The van der Waals surface area contributed by atoms with E-state index in [9.17, 15) is 4.79 Å². The van der Waals surface area contributed by atoms with E-state index in [2.05, 4.69) is 25.4 Å². The van der Waals surface area contributed by atoms with Gasteiger partial charge >= 0.3 is 0 Å². The molecule has 0 radical (unpaired) electrons. The van der Waals surface area contributed by atoms with Gasteiger partial charge in [0.1, 0.15) is 5.82 Å². The summed E-state index contributed by atoms with van der Waals surface area (Å²) in [5.41, 5.74) is 1.82. The maximum absolute atomic E-state index is 12.3. The second-order valence-corrected chi connectivity index (χ2v) is 6.62. The molecule has 1 unspecified atom stereocenters. The Morgan fingerprint density at radius 1 is 1.21 bits per heavy atom. The Balaban J connectivity index is 1.56. The van der Waals surface area contributed by atoms with Gasteiger partial charge in [0.05, 0.1) is 6.04 Å². The van der Waals surface area contributed by atoms with Crippen molar-refractivity contribution in [3.8, 4) is 11.4 Å². The monoisotopic (exact) mass is 325 g/mol. The average molecular weight is 325 g/mol. The number of carbonyl (C=O) groups is 1. The molecule has 1 atom stereocenters. The summed E-state index contributed by atoms with van der Waals surface area (Å²) in [5, 5.41) is 15.0. The van der Waals surface area contributed by atoms with Gasteiger partial charge in [0.15, 0.2) is 5.82 Å². The van der Waals surface area contributed by atoms with Crippen LogP contribution in [-0.2, 0) is 17.8 Å². The third kappa shape index (κ3) is 3.06. The van der Waals surface area contributed by atoms with Crippen molar-refractivity contribution in [1.29, 1.82) is 0 Å². The minimum Gasteiger partial charge on any atom is -0.325 e. The van der Waals surface area contributed by atoms with E-state index in [1.54, 1.807) is 0 Å². The van der Waals surface area contributed by atoms with Gasteiger partial charge in [-0.05, 0) is 44.4 Å². The van der Waals surface area contributed by atoms with Crippen molar-refractivity contribution in [2.75, 3.05) is 11.9 Å². The molecule has 1 aromatic carbocycles. The predicted octanol–water partition coefficient (Wildman–Crippen LogP) is 2.36. The Hall–Kier alpha value is -2.21. The van der Waals surface area contributed by atoms with Gasteiger partial charge in [0.2, 0.25) is 5.91 Å². The van der Waals surface area contributed by atoms with Gasteiger partial charge in [-0.2, -0.15) is 0 Å². The van der Waals surface area contributed by atoms with E-state index in [0.29, 0.717) is 0 Å². The highest BCUT2D eigenvalue weighted by Crippen LogP contribution is 2.25. The van der Waals surface area contributed by atoms with Crippen molar-refractivity contribution >= 4 is 11.6 Å². The molecule has 1 fully saturated rings. The quantitative estimate of drug-likeness (QED) is 0.909. The number of benzene rings is 1. The molecule has 24 heavy (non-hydrogen) atoms. The number of nitrogens with zero attached hydrogens (tertiary/aromatic N) is 3. The van der Waals surface area contributed by atoms with Crippen LogP contribution in [0.25, 0.3) is 11.4 Å². The van der Waals surface area contributed by atoms with Crippen molar-refractivity contribution in [3.05, 3.63) is 30.1 Å². The lowest BCUT2D eigenvalue weighted by molar-refractivity contribution is -0.117. The summed E-state index contributed by atoms with van der Waals surface area (Å²) in [7, 11) is 0. The normalized spacial score (nSPS) is 20.4. The van der Waals surface area contributed by atoms with Crippen molar-refractivity contribution in [1.82, 2.24) is 20.1 Å². The van der Waals surface area contributed by atoms with Gasteiger partial charge < -0.3 is 15.2 Å². The molecule has 2 aromatic rings. The summed E-state index contributed by atoms with van der Waals surface area (Å²) < 4.78 is 2.23. The zero-order valence-electron chi connectivity index (χ0n) is 13.8. The molecule has 0 spiro atoms. The Kier molecular flexibility index (Phi) is 4.30. The fourth-order valence-corrected chi connectivity index (χ4v) is 3.57. The number of anilines is 1. The second-order valence-electron chi connectivity index (χ2n) is 6.62. The Bertz CT molecular complexity index is 733. The largest absolute Gasteiger partial charge is 0.325 e. The first kappa shape index (κ1) is 15.3. The predicted molar refractivity (Wildman–Crippen MR) is 92.7 cm³/mol. The molecular formula is C18H23N5O. The van der Waals surface area contributed by atoms with Crippen molar-refractivity contribution < 1.29 is 4.79 Å². The van der Waals surface area contributed by atoms with Crippen LogP contribution in [0.15, 0.2) is 24.3 Å². The van der Waals surface area contributed by atoms with Crippen LogP contribution >= 0.6 is 0 Å². The van der Waals surface area contributed by atoms with E-state index in [4.69, 9.17) is 0 Å². The highest BCUT2D eigenvalue weighted by molar-refractivity contribution is 5.95. The number of rotatable bonds is 3. The van der Waals surface area contributed by atoms with Gasteiger partial charge in [-0.15, -0.1) is 10.2 Å². The number of aryl methyl sites for hydroxylation is 1. The minimum absolute atomic E-state index is 0.0460. The molecule has 126 valence electrons. The Labute approximate surface area is 141 Å². The molecule has 0 aliphatic carbocycles. The van der Waals surface area contributed by atoms with Crippen LogP contribution in [0.5, 0.6) is 0 Å². The second kappa shape index (κ2) is 6.73. The van der Waals surface area contributed by atoms with Crippen LogP contribution in [0.4, 0.5) is 5.69 Å². The number of nitrogens with one attached hydrogen (secondary N) is 2. The standard InChI is InChI=1S/C18H23N5O/c24-18(15-8-5-10-19-15)20-14-7-4-6-13(12-14)17-22-21-16-9-2-1-3-11-23(16)17/h4,6-7,12,15,19H,1-3,5,8-11H2,(H,20,24). The lowest BCUT2D eigenvalue weighted by atomic mass is 10.1. The number of hydrogen-bond donors (Lipinski definition) is 2. The lowest BCUT2D eigenvalue weighted by Crippen LogP contribution is -2.35. The first-order valence-corrected chi connectivity index (χ1v) is 8.88. The molecule has 1 saturated heterocycles. The van der Waals surface area contributed by atoms with E-state index < -0.39 is 0 Å². The molecule has 3 heterocycles. The minimum atomic E-state index is -0.0713. The van der Waals surface area contributed by atoms with Crippen molar-refractivity contribution in [3.63, 3.8) is 0 Å². The van der Waals surface area contributed by atoms with Crippen LogP contribution in [-0.4, -0.2) is 33.3 Å². The van der Waals surface area contributed by atoms with Crippen LogP contribution in [0, 0.1) is 0 Å². The fourth-order valence-electron chi connectivity index (χ4n) is 3.57. The van der Waals surface area contributed by atoms with Gasteiger partial charge in [-0.3, -0.25) is 4.79 Å². The molecule has 1 aromatic heterocycles. The van der Waals surface area contributed by atoms with E-state index in [-0.39, 0.29) is 11.9 Å². The van der Waals surface area contributed by atoms with Crippen LogP contribution in [0.3, 0.4) is 0 Å². The van der Waals surface area contributed by atoms with Crippen LogP contribution in [0.1, 0.15) is 37.9 Å². The summed E-state index contributed by atoms with van der Waals surface area (Å²) in [6.45, 7) is 1.89. The van der Waals surface area contributed by atoms with Crippen molar-refractivity contribution in [2.45, 2.75) is 51.1 Å². The molecule has 2 aliphatic heterocycles. The molecule has 6 heteroatoms. The number of amides is 1. The molecule has 2 N–H and O–H groups in total. The topological polar surface area (TPSA) is 71.8 Å². The molecule has 6 nitrogen and oxygen atoms in total. The third-order valence-corrected chi connectivity index (χ3v) is 4.87. The molecule has 4 rings (SSSR count). The average Bonchev–Trinajstić information content (AvgIpc) is 3.21. The van der Waals surface area contributed by atoms with E-state index in [1.807, 2.05) is 24.3 Å². The summed E-state index contributed by atoms with van der Waals surface area (Å²) in [4.78, 5) is 12.3. The number of aromatic nitrogens is 3. The smallest absolute Gasteiger partial charge is 0.241 e. The van der Waals surface area contributed by atoms with Crippen LogP contribution in [0.2, 0.25) is 0 Å². The zero-order chi connectivity index (χ0) is 16.4. The molecule has 2 aliphatic rings. The summed E-state index contributed by atoms with van der Waals surface area (Å²) >= 11 is 0. The third-order valence-electron chi connectivity index (χ3n) is 4.87. The van der Waals surface area contributed by atoms with E-state index in [0.717, 1.165) is 55.3 Å². The highest BCUT2D eigenvalue weighted by Gasteiger charge is 2.22. The van der Waals surface area contributed by atoms with E-state index >= 15 is 0 Å². The van der Waals surface area contributed by atoms with Gasteiger partial charge in [-0.1, -0.05) is 18.6 Å². The Morgan fingerprint density at radius 2 is 2.17 bits per heavy atom. The number of fused-ring (bicyclic) bond motifs is 1. The number of carbonyl (C=O) groups excluding carboxylic acids is 1. The molecule has 1 amide bonds. The first-order valence-electron chi connectivity index (χ1n) is 8.88. The van der Waals surface area contributed by atoms with Gasteiger partial charge in [-0.25, -0.2) is 0 Å². The van der Waals surface area contributed by atoms with Gasteiger partial charge in [0.25, 0.3) is 0 Å². The maximum atomic E-state index is 12.3. The van der Waals surface area contributed by atoms with Crippen LogP contribution < -0.4 is 10.6 Å². The maximum Gasteiger partial charge on any atom is 0.241 e. The molecular weight excluding hydrogens is 302 g/mol. The van der Waals surface area contributed by atoms with Gasteiger partial charge in [0, 0.05) is 24.2 Å². The van der Waals surface area contributed by atoms with E-state index in [1.165, 1.54) is 19.3 Å². The number of hydrogen-bond acceptors (Lipinski definition) is 4. The van der Waals surface area contributed by atoms with Crippen molar-refractivity contribution in [2.24, 2.45) is 0 Å². The zero-order valence-corrected chi connectivity index (χ0v) is 13.8. The molecule has 0 saturated carbocycles. The molecule has 0 bridgehead atoms. The lowest BCUT2D eigenvalue weighted by Gasteiger charge is -2.12. The summed E-state index contributed by atoms with van der Waals surface area (Å²) in [6, 6.07) is 7.85. The first-order chi connectivity index (χ1) is 11.8. The summed E-state index contributed by atoms with van der Waals surface area (Å²) in [5.74, 6) is 2.03. The summed E-state index contributed by atoms with van der Waals surface area (Å²) in [6.07, 6.45) is 6.56. The highest BCUT2D eigenvalue weighted by atomic mass is 16.2.